The van der Waals surface area contributed by atoms with Crippen molar-refractivity contribution in [3.8, 4) is 0 Å². The summed E-state index contributed by atoms with van der Waals surface area (Å²) < 4.78 is 21.6. The number of fused-ring (bicyclic) bond motifs is 1. The molecule has 0 spiro atoms. The van der Waals surface area contributed by atoms with Gasteiger partial charge in [0.2, 0.25) is 0 Å². The van der Waals surface area contributed by atoms with E-state index in [1.807, 2.05) is 0 Å². The molecule has 0 amide bonds. The number of aliphatic hydroxyl groups is 2. The standard InChI is InChI=1S/C9H15N6O7P/c10-5-2-6(14-9(11)13-5)15(1-12-2)7-3(16)4(17)8(21-7)22-23(18,19)20/h1,3-5,7-8,16-17H,10H2,(H3,11,13,14)(H2,18,19,20). The zero-order valence-electron chi connectivity index (χ0n) is 11.4. The first-order valence-corrected chi connectivity index (χ1v) is 7.89. The summed E-state index contributed by atoms with van der Waals surface area (Å²) >= 11 is 0. The van der Waals surface area contributed by atoms with Crippen LogP contribution in [-0.4, -0.2) is 54.0 Å². The van der Waals surface area contributed by atoms with Gasteiger partial charge in [-0.15, -0.1) is 0 Å². The van der Waals surface area contributed by atoms with E-state index in [1.54, 1.807) is 0 Å². The van der Waals surface area contributed by atoms with Gasteiger partial charge in [-0.1, -0.05) is 0 Å². The fourth-order valence-corrected chi connectivity index (χ4v) is 2.79. The molecule has 23 heavy (non-hydrogen) atoms. The smallest absolute Gasteiger partial charge is 0.385 e. The Labute approximate surface area is 128 Å². The van der Waals surface area contributed by atoms with E-state index in [4.69, 9.17) is 26.0 Å². The maximum absolute atomic E-state index is 10.9. The second kappa shape index (κ2) is 5.51. The number of nitrogens with two attached hydrogens (primary N) is 2. The van der Waals surface area contributed by atoms with Crippen molar-refractivity contribution in [1.82, 2.24) is 14.9 Å². The Balaban J connectivity index is 1.91. The second-order valence-corrected chi connectivity index (χ2v) is 6.14. The highest BCUT2D eigenvalue weighted by Gasteiger charge is 2.48. The van der Waals surface area contributed by atoms with Crippen LogP contribution in [0.2, 0.25) is 0 Å². The Hall–Kier alpha value is -1.57. The lowest BCUT2D eigenvalue weighted by atomic mass is 10.2. The van der Waals surface area contributed by atoms with Crippen molar-refractivity contribution < 1.29 is 33.8 Å². The molecule has 2 aliphatic rings. The Morgan fingerprint density at radius 2 is 2.09 bits per heavy atom. The quantitative estimate of drug-likeness (QED) is 0.274. The Kier molecular flexibility index (Phi) is 3.90. The van der Waals surface area contributed by atoms with Gasteiger partial charge in [0, 0.05) is 0 Å². The van der Waals surface area contributed by atoms with Crippen LogP contribution in [-0.2, 0) is 13.8 Å². The van der Waals surface area contributed by atoms with Gasteiger partial charge >= 0.3 is 7.82 Å². The molecule has 0 bridgehead atoms. The van der Waals surface area contributed by atoms with Crippen LogP contribution in [0.5, 0.6) is 0 Å². The summed E-state index contributed by atoms with van der Waals surface area (Å²) in [6, 6.07) is 0. The van der Waals surface area contributed by atoms with E-state index < -0.39 is 38.7 Å². The number of ether oxygens (including phenoxy) is 1. The first kappa shape index (κ1) is 16.3. The van der Waals surface area contributed by atoms with E-state index in [-0.39, 0.29) is 11.8 Å². The monoisotopic (exact) mass is 350 g/mol. The summed E-state index contributed by atoms with van der Waals surface area (Å²) in [5, 5.41) is 22.5. The molecule has 3 heterocycles. The lowest BCUT2D eigenvalue weighted by molar-refractivity contribution is -0.134. The van der Waals surface area contributed by atoms with Crippen LogP contribution < -0.4 is 16.8 Å². The number of aromatic nitrogens is 2. The van der Waals surface area contributed by atoms with E-state index >= 15 is 0 Å². The molecule has 14 heteroatoms. The van der Waals surface area contributed by atoms with E-state index in [2.05, 4.69) is 19.8 Å². The third kappa shape index (κ3) is 2.96. The average Bonchev–Trinajstić information content (AvgIpc) is 2.94. The van der Waals surface area contributed by atoms with Gasteiger partial charge in [0.05, 0.1) is 6.33 Å². The van der Waals surface area contributed by atoms with Crippen LogP contribution in [0.3, 0.4) is 0 Å². The van der Waals surface area contributed by atoms with E-state index in [0.29, 0.717) is 5.69 Å². The molecule has 9 N–H and O–H groups in total. The van der Waals surface area contributed by atoms with Crippen LogP contribution in [0.1, 0.15) is 18.1 Å². The zero-order chi connectivity index (χ0) is 16.9. The minimum atomic E-state index is -4.92. The molecule has 0 aliphatic carbocycles. The molecule has 2 aliphatic heterocycles. The number of hydrogen-bond acceptors (Lipinski definition) is 10. The van der Waals surface area contributed by atoms with Crippen LogP contribution in [0.25, 0.3) is 0 Å². The number of phosphoric ester groups is 1. The number of guanidine groups is 1. The number of hydrogen-bond donors (Lipinski definition) is 7. The van der Waals surface area contributed by atoms with Gasteiger partial charge in [-0.05, 0) is 0 Å². The third-order valence-electron chi connectivity index (χ3n) is 3.33. The summed E-state index contributed by atoms with van der Waals surface area (Å²) in [7, 11) is -4.92. The van der Waals surface area contributed by atoms with Crippen LogP contribution in [0.15, 0.2) is 11.3 Å². The number of rotatable bonds is 3. The van der Waals surface area contributed by atoms with Crippen molar-refractivity contribution in [3.63, 3.8) is 0 Å². The van der Waals surface area contributed by atoms with E-state index in [1.165, 1.54) is 10.9 Å². The second-order valence-electron chi connectivity index (χ2n) is 4.95. The van der Waals surface area contributed by atoms with Crippen molar-refractivity contribution in [3.05, 3.63) is 12.0 Å². The molecule has 1 saturated heterocycles. The average molecular weight is 350 g/mol. The number of aliphatic imine (C=N–C) groups is 1. The Morgan fingerprint density at radius 1 is 1.39 bits per heavy atom. The molecular formula is C9H15N6O7P. The van der Waals surface area contributed by atoms with Gasteiger partial charge in [-0.3, -0.25) is 9.09 Å². The lowest BCUT2D eigenvalue weighted by Gasteiger charge is -2.22. The van der Waals surface area contributed by atoms with Gasteiger partial charge in [0.25, 0.3) is 0 Å². The first-order valence-electron chi connectivity index (χ1n) is 6.36. The van der Waals surface area contributed by atoms with Crippen molar-refractivity contribution in [1.29, 1.82) is 0 Å². The highest BCUT2D eigenvalue weighted by molar-refractivity contribution is 7.46. The van der Waals surface area contributed by atoms with Crippen molar-refractivity contribution >= 4 is 19.6 Å². The molecule has 1 fully saturated rings. The molecule has 5 atom stereocenters. The summed E-state index contributed by atoms with van der Waals surface area (Å²) in [6.07, 6.45) is -5.70. The van der Waals surface area contributed by atoms with Crippen molar-refractivity contribution in [2.24, 2.45) is 16.5 Å². The zero-order valence-corrected chi connectivity index (χ0v) is 12.3. The maximum atomic E-state index is 10.9. The van der Waals surface area contributed by atoms with Gasteiger partial charge in [0.1, 0.15) is 24.1 Å². The Bertz CT molecular complexity index is 688. The third-order valence-corrected chi connectivity index (χ3v) is 3.81. The lowest BCUT2D eigenvalue weighted by Crippen LogP contribution is -2.41. The van der Waals surface area contributed by atoms with Gasteiger partial charge in [-0.25, -0.2) is 9.55 Å². The Morgan fingerprint density at radius 3 is 2.74 bits per heavy atom. The van der Waals surface area contributed by atoms with E-state index in [9.17, 15) is 14.8 Å². The molecule has 0 saturated carbocycles. The van der Waals surface area contributed by atoms with Crippen molar-refractivity contribution in [2.75, 3.05) is 0 Å². The normalized spacial score (nSPS) is 34.0. The molecule has 13 nitrogen and oxygen atoms in total. The number of phosphoric acid groups is 1. The van der Waals surface area contributed by atoms with Gasteiger partial charge in [-0.2, -0.15) is 4.99 Å². The number of aliphatic hydroxyl groups excluding tert-OH is 2. The molecule has 5 unspecified atom stereocenters. The largest absolute Gasteiger partial charge is 0.472 e. The molecule has 0 radical (unpaired) electrons. The maximum Gasteiger partial charge on any atom is 0.472 e. The fraction of sp³-hybridized carbons (Fsp3) is 0.556. The minimum Gasteiger partial charge on any atom is -0.385 e. The van der Waals surface area contributed by atoms with Gasteiger partial charge in [0.15, 0.2) is 24.3 Å². The summed E-state index contributed by atoms with van der Waals surface area (Å²) in [5.41, 5.74) is 11.7. The fourth-order valence-electron chi connectivity index (χ4n) is 2.34. The first-order chi connectivity index (χ1) is 10.7. The highest BCUT2D eigenvalue weighted by atomic mass is 31.2. The molecule has 128 valence electrons. The summed E-state index contributed by atoms with van der Waals surface area (Å²) in [6.45, 7) is 0. The molecule has 1 aromatic heterocycles. The molecule has 3 rings (SSSR count). The topological polar surface area (TPSA) is 211 Å². The van der Waals surface area contributed by atoms with Crippen LogP contribution >= 0.6 is 7.82 Å². The summed E-state index contributed by atoms with van der Waals surface area (Å²) in [5.74, 6) is 0.199. The minimum absolute atomic E-state index is 0.0165. The van der Waals surface area contributed by atoms with Gasteiger partial charge < -0.3 is 41.5 Å². The molecule has 1 aromatic rings. The van der Waals surface area contributed by atoms with Crippen LogP contribution in [0.4, 0.5) is 5.82 Å². The predicted octanol–water partition coefficient (Wildman–Crippen LogP) is -2.92. The molecule has 0 aromatic carbocycles. The predicted molar refractivity (Wildman–Crippen MR) is 72.6 cm³/mol. The van der Waals surface area contributed by atoms with Crippen LogP contribution in [0, 0.1) is 0 Å². The molecular weight excluding hydrogens is 335 g/mol. The summed E-state index contributed by atoms with van der Waals surface area (Å²) in [4.78, 5) is 25.6. The highest BCUT2D eigenvalue weighted by Crippen LogP contribution is 2.44. The number of imidazole rings is 1. The number of nitrogens with zero attached hydrogens (tertiary/aromatic N) is 3. The SMILES string of the molecule is NC1=Nc2c(ncn2C2OC(OP(=O)(O)O)C(O)C2O)C(N)N1. The number of nitrogens with one attached hydrogen (secondary N) is 1. The van der Waals surface area contributed by atoms with Crippen molar-refractivity contribution in [2.45, 2.75) is 30.9 Å². The van der Waals surface area contributed by atoms with E-state index in [0.717, 1.165) is 0 Å².